The molecule has 6 heteroatoms. The maximum atomic E-state index is 8.34. The molecule has 1 aliphatic heterocycles. The fourth-order valence-electron chi connectivity index (χ4n) is 4.13. The Morgan fingerprint density at radius 1 is 1.41 bits per heavy atom. The summed E-state index contributed by atoms with van der Waals surface area (Å²) in [7, 11) is -0.351. The maximum Gasteiger partial charge on any atom is 0.463 e. The summed E-state index contributed by atoms with van der Waals surface area (Å²) in [4.78, 5) is 2.76. The van der Waals surface area contributed by atoms with E-state index in [1.165, 1.54) is 6.42 Å². The van der Waals surface area contributed by atoms with Crippen molar-refractivity contribution in [3.63, 3.8) is 0 Å². The monoisotopic (exact) mass is 235 g/mol. The van der Waals surface area contributed by atoms with Crippen molar-refractivity contribution in [3.8, 4) is 0 Å². The van der Waals surface area contributed by atoms with Gasteiger partial charge in [0, 0.05) is 4.91 Å². The van der Waals surface area contributed by atoms with E-state index in [9.17, 15) is 0 Å². The van der Waals surface area contributed by atoms with Crippen molar-refractivity contribution in [3.05, 3.63) is 10.4 Å². The van der Waals surface area contributed by atoms with Crippen LogP contribution in [0.2, 0.25) is 0 Å². The van der Waals surface area contributed by atoms with Crippen molar-refractivity contribution in [1.29, 1.82) is 0 Å². The molecule has 3 saturated carbocycles. The summed E-state index contributed by atoms with van der Waals surface area (Å²) in [5.41, 5.74) is 8.52. The van der Waals surface area contributed by atoms with Gasteiger partial charge in [0.2, 0.25) is 0 Å². The largest absolute Gasteiger partial charge is 0.463 e. The summed E-state index contributed by atoms with van der Waals surface area (Å²) in [6.07, 6.45) is 2.78. The fraction of sp³-hybridized carbons (Fsp3) is 1.00. The normalized spacial score (nSPS) is 45.8. The van der Waals surface area contributed by atoms with E-state index in [4.69, 9.17) is 14.8 Å². The second kappa shape index (κ2) is 3.41. The van der Waals surface area contributed by atoms with Crippen LogP contribution >= 0.6 is 0 Å². The van der Waals surface area contributed by atoms with Crippen molar-refractivity contribution in [2.75, 3.05) is 6.44 Å². The predicted octanol–water partition coefficient (Wildman–Crippen LogP) is 2.56. The molecule has 3 aliphatic carbocycles. The molecule has 5 nitrogen and oxygen atoms in total. The van der Waals surface area contributed by atoms with Gasteiger partial charge in [-0.25, -0.2) is 0 Å². The van der Waals surface area contributed by atoms with Gasteiger partial charge in [-0.2, -0.15) is 0 Å². The summed E-state index contributed by atoms with van der Waals surface area (Å²) in [6.45, 7) is 6.82. The molecule has 4 atom stereocenters. The molecule has 0 N–H and O–H groups in total. The topological polar surface area (TPSA) is 67.2 Å². The molecule has 4 fully saturated rings. The lowest BCUT2D eigenvalue weighted by Crippen LogP contribution is -2.65. The first-order valence-electron chi connectivity index (χ1n) is 6.32. The summed E-state index contributed by atoms with van der Waals surface area (Å²) < 4.78 is 11.9. The quantitative estimate of drug-likeness (QED) is 0.319. The zero-order chi connectivity index (χ0) is 12.3. The highest BCUT2D eigenvalue weighted by molar-refractivity contribution is 6.45. The molecular formula is C11H18BN3O2. The minimum absolute atomic E-state index is 0.179. The molecule has 92 valence electrons. The summed E-state index contributed by atoms with van der Waals surface area (Å²) >= 11 is 0. The van der Waals surface area contributed by atoms with E-state index < -0.39 is 0 Å². The van der Waals surface area contributed by atoms with Gasteiger partial charge in [0.1, 0.15) is 0 Å². The molecule has 4 rings (SSSR count). The van der Waals surface area contributed by atoms with Crippen LogP contribution < -0.4 is 0 Å². The second-order valence-corrected chi connectivity index (χ2v) is 6.31. The maximum absolute atomic E-state index is 8.34. The Morgan fingerprint density at radius 3 is 2.82 bits per heavy atom. The van der Waals surface area contributed by atoms with Crippen LogP contribution in [0.3, 0.4) is 0 Å². The number of hydrogen-bond donors (Lipinski definition) is 0. The molecule has 1 heterocycles. The molecule has 3 unspecified atom stereocenters. The Balaban J connectivity index is 1.80. The van der Waals surface area contributed by atoms with E-state index in [0.29, 0.717) is 11.3 Å². The molecule has 0 aromatic carbocycles. The summed E-state index contributed by atoms with van der Waals surface area (Å²) in [5, 5.41) is 3.55. The van der Waals surface area contributed by atoms with Gasteiger partial charge in [-0.15, -0.1) is 0 Å². The van der Waals surface area contributed by atoms with Crippen LogP contribution in [0.1, 0.15) is 33.6 Å². The third kappa shape index (κ3) is 1.38. The highest BCUT2D eigenvalue weighted by Crippen LogP contribution is 2.65. The van der Waals surface area contributed by atoms with E-state index >= 15 is 0 Å². The van der Waals surface area contributed by atoms with E-state index in [1.807, 2.05) is 0 Å². The van der Waals surface area contributed by atoms with Crippen LogP contribution in [0.15, 0.2) is 5.11 Å². The van der Waals surface area contributed by atoms with Crippen LogP contribution in [0, 0.1) is 17.3 Å². The Bertz CT molecular complexity index is 396. The zero-order valence-electron chi connectivity index (χ0n) is 10.6. The zero-order valence-corrected chi connectivity index (χ0v) is 10.6. The lowest BCUT2D eigenvalue weighted by molar-refractivity contribution is -0.199. The third-order valence-corrected chi connectivity index (χ3v) is 5.30. The van der Waals surface area contributed by atoms with Crippen molar-refractivity contribution >= 4 is 7.12 Å². The Kier molecular flexibility index (Phi) is 2.28. The average Bonchev–Trinajstić information content (AvgIpc) is 2.61. The number of hydrogen-bond acceptors (Lipinski definition) is 3. The van der Waals surface area contributed by atoms with E-state index in [1.54, 1.807) is 0 Å². The smallest absolute Gasteiger partial charge is 0.405 e. The molecule has 1 saturated heterocycles. The first-order valence-corrected chi connectivity index (χ1v) is 6.32. The van der Waals surface area contributed by atoms with Crippen molar-refractivity contribution in [1.82, 2.24) is 0 Å². The van der Waals surface area contributed by atoms with Crippen LogP contribution in [0.5, 0.6) is 0 Å². The molecule has 0 amide bonds. The Labute approximate surface area is 102 Å². The van der Waals surface area contributed by atoms with Gasteiger partial charge in [-0.05, 0) is 42.5 Å². The van der Waals surface area contributed by atoms with Gasteiger partial charge in [-0.3, -0.25) is 0 Å². The first-order chi connectivity index (χ1) is 7.98. The molecule has 2 bridgehead atoms. The standard InChI is InChI=1S/C11H18BN3O2/c1-10(2)7-4-8(10)11(3)9(5-7)16-12(17-11)6-14-15-13/h7-9H,4-6H2,1-3H3/t7?,8?,9?,11-/m0/s1. The molecular weight excluding hydrogens is 217 g/mol. The average molecular weight is 235 g/mol. The minimum Gasteiger partial charge on any atom is -0.405 e. The lowest BCUT2D eigenvalue weighted by Gasteiger charge is -2.64. The molecule has 4 aliphatic rings. The van der Waals surface area contributed by atoms with E-state index in [2.05, 4.69) is 30.8 Å². The molecule has 0 spiro atoms. The van der Waals surface area contributed by atoms with Gasteiger partial charge in [0.05, 0.1) is 18.1 Å². The molecule has 17 heavy (non-hydrogen) atoms. The van der Waals surface area contributed by atoms with Gasteiger partial charge >= 0.3 is 7.12 Å². The lowest BCUT2D eigenvalue weighted by atomic mass is 9.43. The summed E-state index contributed by atoms with van der Waals surface area (Å²) in [5.74, 6) is 1.32. The number of azide groups is 1. The molecule has 0 aromatic rings. The fourth-order valence-corrected chi connectivity index (χ4v) is 4.13. The van der Waals surface area contributed by atoms with Crippen LogP contribution in [0.4, 0.5) is 0 Å². The van der Waals surface area contributed by atoms with Gasteiger partial charge in [-0.1, -0.05) is 19.0 Å². The van der Waals surface area contributed by atoms with Crippen LogP contribution in [-0.2, 0) is 9.31 Å². The predicted molar refractivity (Wildman–Crippen MR) is 64.1 cm³/mol. The Hall–Kier alpha value is -0.705. The van der Waals surface area contributed by atoms with Crippen LogP contribution in [-0.4, -0.2) is 25.3 Å². The minimum atomic E-state index is -0.351. The van der Waals surface area contributed by atoms with E-state index in [-0.39, 0.29) is 25.3 Å². The molecule has 0 aromatic heterocycles. The van der Waals surface area contributed by atoms with E-state index in [0.717, 1.165) is 12.3 Å². The van der Waals surface area contributed by atoms with Crippen LogP contribution in [0.25, 0.3) is 10.4 Å². The third-order valence-electron chi connectivity index (χ3n) is 5.30. The Morgan fingerprint density at radius 2 is 2.18 bits per heavy atom. The first kappa shape index (κ1) is 11.4. The second-order valence-electron chi connectivity index (χ2n) is 6.31. The highest BCUT2D eigenvalue weighted by atomic mass is 16.7. The summed E-state index contributed by atoms with van der Waals surface area (Å²) in [6, 6.07) is 0. The highest BCUT2D eigenvalue weighted by Gasteiger charge is 2.67. The van der Waals surface area contributed by atoms with Gasteiger partial charge in [0.25, 0.3) is 0 Å². The number of rotatable bonds is 2. The van der Waals surface area contributed by atoms with Crippen molar-refractivity contribution < 1.29 is 9.31 Å². The number of nitrogens with zero attached hydrogens (tertiary/aromatic N) is 3. The van der Waals surface area contributed by atoms with Crippen molar-refractivity contribution in [2.24, 2.45) is 22.4 Å². The SMILES string of the molecule is CC1(C)C2CC3OB(CN=[N+]=[N-])O[C@@]3(C)C1C2. The molecule has 0 radical (unpaired) electrons. The van der Waals surface area contributed by atoms with Gasteiger partial charge in [0.15, 0.2) is 0 Å². The van der Waals surface area contributed by atoms with Gasteiger partial charge < -0.3 is 9.31 Å². The van der Waals surface area contributed by atoms with Crippen molar-refractivity contribution in [2.45, 2.75) is 45.3 Å².